The van der Waals surface area contributed by atoms with Gasteiger partial charge in [-0.2, -0.15) is 13.2 Å². The van der Waals surface area contributed by atoms with Crippen LogP contribution >= 0.6 is 11.8 Å². The number of nitrogen functional groups attached to an aromatic ring is 1. The number of halogens is 3. The Morgan fingerprint density at radius 1 is 1.29 bits per heavy atom. The number of thioether (sulfide) groups is 1. The molecule has 0 amide bonds. The maximum atomic E-state index is 12.8. The maximum Gasteiger partial charge on any atom is 0.446 e. The zero-order valence-electron chi connectivity index (χ0n) is 16.2. The predicted octanol–water partition coefficient (Wildman–Crippen LogP) is 3.29. The van der Waals surface area contributed by atoms with Crippen LogP contribution in [0.1, 0.15) is 31.0 Å². The highest BCUT2D eigenvalue weighted by Gasteiger charge is 2.40. The van der Waals surface area contributed by atoms with Gasteiger partial charge in [0, 0.05) is 30.3 Å². The fourth-order valence-electron chi connectivity index (χ4n) is 3.75. The summed E-state index contributed by atoms with van der Waals surface area (Å²) in [4.78, 5) is 23.8. The van der Waals surface area contributed by atoms with Crippen molar-refractivity contribution in [3.8, 4) is 11.3 Å². The normalized spacial score (nSPS) is 22.2. The number of carboxylic acid groups (broad SMARTS) is 1. The molecule has 4 heterocycles. The van der Waals surface area contributed by atoms with E-state index in [0.29, 0.717) is 29.8 Å². The summed E-state index contributed by atoms with van der Waals surface area (Å²) >= 11 is -0.259. The first-order valence-corrected chi connectivity index (χ1v) is 10.5. The van der Waals surface area contributed by atoms with Crippen LogP contribution in [0.2, 0.25) is 0 Å². The van der Waals surface area contributed by atoms with E-state index in [0.717, 1.165) is 37.4 Å². The van der Waals surface area contributed by atoms with Gasteiger partial charge in [0.05, 0.1) is 29.3 Å². The van der Waals surface area contributed by atoms with Crippen LogP contribution in [0.4, 0.5) is 24.8 Å². The number of hydrogen-bond acceptors (Lipinski definition) is 8. The van der Waals surface area contributed by atoms with Gasteiger partial charge in [0.2, 0.25) is 0 Å². The molecule has 5 rings (SSSR count). The minimum atomic E-state index is -4.43. The van der Waals surface area contributed by atoms with E-state index in [2.05, 4.69) is 14.9 Å². The number of ether oxygens (including phenoxy) is 1. The average Bonchev–Trinajstić information content (AvgIpc) is 3.35. The molecule has 0 unspecified atom stereocenters. The third kappa shape index (κ3) is 5.01. The van der Waals surface area contributed by atoms with Crippen LogP contribution in [0.3, 0.4) is 0 Å². The van der Waals surface area contributed by atoms with E-state index in [9.17, 15) is 13.2 Å². The lowest BCUT2D eigenvalue weighted by Gasteiger charge is -2.28. The van der Waals surface area contributed by atoms with Crippen LogP contribution in [-0.2, 0) is 9.53 Å². The summed E-state index contributed by atoms with van der Waals surface area (Å²) in [5, 5.41) is 6.89. The molecule has 166 valence electrons. The van der Waals surface area contributed by atoms with Crippen LogP contribution in [0.5, 0.6) is 0 Å². The summed E-state index contributed by atoms with van der Waals surface area (Å²) in [6.07, 6.45) is 4.74. The molecule has 8 nitrogen and oxygen atoms in total. The summed E-state index contributed by atoms with van der Waals surface area (Å²) in [6.45, 7) is 1.21. The van der Waals surface area contributed by atoms with Gasteiger partial charge in [-0.15, -0.1) is 0 Å². The van der Waals surface area contributed by atoms with Gasteiger partial charge in [-0.1, -0.05) is 0 Å². The van der Waals surface area contributed by atoms with Gasteiger partial charge in [0.1, 0.15) is 17.5 Å². The monoisotopic (exact) mass is 455 g/mol. The fourth-order valence-corrected chi connectivity index (χ4v) is 4.35. The molecular weight excluding hydrogens is 435 g/mol. The molecule has 3 aliphatic rings. The molecule has 1 saturated carbocycles. The second-order valence-corrected chi connectivity index (χ2v) is 8.61. The molecule has 0 spiro atoms. The molecule has 3 fully saturated rings. The Morgan fingerprint density at radius 3 is 2.61 bits per heavy atom. The molecule has 2 aliphatic heterocycles. The first kappa shape index (κ1) is 21.6. The molecule has 2 atom stereocenters. The lowest BCUT2D eigenvalue weighted by atomic mass is 10.2. The van der Waals surface area contributed by atoms with E-state index in [1.165, 1.54) is 12.3 Å². The van der Waals surface area contributed by atoms with E-state index < -0.39 is 5.51 Å². The predicted molar refractivity (Wildman–Crippen MR) is 108 cm³/mol. The zero-order valence-corrected chi connectivity index (χ0v) is 17.1. The van der Waals surface area contributed by atoms with Gasteiger partial charge in [-0.05, 0) is 37.1 Å². The molecule has 12 heteroatoms. The minimum Gasteiger partial charge on any atom is -0.483 e. The highest BCUT2D eigenvalue weighted by molar-refractivity contribution is 8.00. The van der Waals surface area contributed by atoms with Crippen LogP contribution in [0.15, 0.2) is 23.2 Å². The Kier molecular flexibility index (Phi) is 5.93. The SMILES string of the molecule is Nc1ncc(-c2cc(N3C[C@@H]4C[C@H]3CO4)nc(C3CC3)n2)cc1SC(F)(F)F.O=CO. The van der Waals surface area contributed by atoms with Crippen molar-refractivity contribution >= 4 is 29.9 Å². The number of anilines is 2. The molecule has 3 N–H and O–H groups in total. The van der Waals surface area contributed by atoms with Crippen LogP contribution in [-0.4, -0.2) is 57.3 Å². The van der Waals surface area contributed by atoms with Crippen molar-refractivity contribution in [2.75, 3.05) is 23.8 Å². The molecule has 2 aromatic heterocycles. The topological polar surface area (TPSA) is 114 Å². The van der Waals surface area contributed by atoms with Crippen LogP contribution in [0, 0.1) is 0 Å². The summed E-state index contributed by atoms with van der Waals surface area (Å²) < 4.78 is 44.1. The number of nitrogens with zero attached hydrogens (tertiary/aromatic N) is 4. The first-order chi connectivity index (χ1) is 14.8. The van der Waals surface area contributed by atoms with E-state index in [4.69, 9.17) is 25.4 Å². The van der Waals surface area contributed by atoms with Gasteiger partial charge in [-0.3, -0.25) is 4.79 Å². The van der Waals surface area contributed by atoms with Crippen LogP contribution < -0.4 is 10.6 Å². The minimum absolute atomic E-state index is 0.119. The fraction of sp³-hybridized carbons (Fsp3) is 0.474. The smallest absolute Gasteiger partial charge is 0.446 e. The van der Waals surface area contributed by atoms with E-state index in [1.54, 1.807) is 0 Å². The third-order valence-electron chi connectivity index (χ3n) is 5.27. The van der Waals surface area contributed by atoms with Crippen molar-refractivity contribution in [2.45, 2.75) is 47.7 Å². The number of pyridine rings is 1. The van der Waals surface area contributed by atoms with E-state index in [-0.39, 0.29) is 35.1 Å². The number of carbonyl (C=O) groups is 1. The Morgan fingerprint density at radius 2 is 2.03 bits per heavy atom. The molecule has 1 aliphatic carbocycles. The molecule has 0 aromatic carbocycles. The standard InChI is InChI=1S/C18H18F3N5OS.CH2O2/c19-18(20,21)28-14-3-10(6-23-16(14)22)13-5-15(25-17(24-13)9-1-2-9)26-7-12-4-11(26)8-27-12;2-1-3/h3,5-6,9,11-12H,1-2,4,7-8H2,(H2,22,23);1H,(H,2,3)/t11-,12-;/m0./s1. The summed E-state index contributed by atoms with van der Waals surface area (Å²) in [7, 11) is 0. The van der Waals surface area contributed by atoms with Crippen molar-refractivity contribution in [3.05, 3.63) is 24.2 Å². The molecular formula is C19H20F3N5O3S. The third-order valence-corrected chi connectivity index (χ3v) is 6.05. The Bertz CT molecular complexity index is 973. The van der Waals surface area contributed by atoms with Crippen molar-refractivity contribution in [1.82, 2.24) is 15.0 Å². The number of hydrogen-bond donors (Lipinski definition) is 2. The second-order valence-electron chi connectivity index (χ2n) is 7.50. The lowest BCUT2D eigenvalue weighted by molar-refractivity contribution is -0.122. The van der Waals surface area contributed by atoms with Crippen molar-refractivity contribution in [3.63, 3.8) is 0 Å². The lowest BCUT2D eigenvalue weighted by Crippen LogP contribution is -2.37. The van der Waals surface area contributed by atoms with Gasteiger partial charge in [0.25, 0.3) is 6.47 Å². The maximum absolute atomic E-state index is 12.8. The molecule has 2 aromatic rings. The van der Waals surface area contributed by atoms with Crippen LogP contribution in [0.25, 0.3) is 11.3 Å². The van der Waals surface area contributed by atoms with Gasteiger partial charge in [-0.25, -0.2) is 15.0 Å². The number of alkyl halides is 3. The van der Waals surface area contributed by atoms with Crippen molar-refractivity contribution in [2.24, 2.45) is 0 Å². The first-order valence-electron chi connectivity index (χ1n) is 9.64. The number of aromatic nitrogens is 3. The molecule has 0 radical (unpaired) electrons. The molecule has 31 heavy (non-hydrogen) atoms. The summed E-state index contributed by atoms with van der Waals surface area (Å²) in [5.74, 6) is 1.74. The second kappa shape index (κ2) is 8.50. The highest BCUT2D eigenvalue weighted by Crippen LogP contribution is 2.43. The average molecular weight is 455 g/mol. The number of rotatable bonds is 4. The zero-order chi connectivity index (χ0) is 22.2. The van der Waals surface area contributed by atoms with Crippen molar-refractivity contribution in [1.29, 1.82) is 0 Å². The Labute approximate surface area is 180 Å². The number of nitrogens with two attached hydrogens (primary N) is 1. The number of fused-ring (bicyclic) bond motifs is 2. The van der Waals surface area contributed by atoms with Crippen molar-refractivity contribution < 1.29 is 27.8 Å². The summed E-state index contributed by atoms with van der Waals surface area (Å²) in [5.41, 5.74) is 2.30. The van der Waals surface area contributed by atoms with E-state index in [1.807, 2.05) is 6.07 Å². The van der Waals surface area contributed by atoms with E-state index >= 15 is 0 Å². The summed E-state index contributed by atoms with van der Waals surface area (Å²) in [6, 6.07) is 3.53. The number of morpholine rings is 1. The Balaban J connectivity index is 0.000000730. The van der Waals surface area contributed by atoms with Gasteiger partial charge < -0.3 is 20.5 Å². The molecule has 2 bridgehead atoms. The molecule has 2 saturated heterocycles. The van der Waals surface area contributed by atoms with Gasteiger partial charge >= 0.3 is 5.51 Å². The largest absolute Gasteiger partial charge is 0.483 e. The quantitative estimate of drug-likeness (QED) is 0.529. The Hall–Kier alpha value is -2.60. The highest BCUT2D eigenvalue weighted by atomic mass is 32.2. The van der Waals surface area contributed by atoms with Gasteiger partial charge in [0.15, 0.2) is 0 Å².